The van der Waals surface area contributed by atoms with E-state index in [1.807, 2.05) is 7.05 Å². The highest BCUT2D eigenvalue weighted by Gasteiger charge is 2.21. The first-order chi connectivity index (χ1) is 7.59. The van der Waals surface area contributed by atoms with Gasteiger partial charge in [-0.15, -0.1) is 0 Å². The number of aliphatic hydroxyl groups is 1. The first-order valence-corrected chi connectivity index (χ1v) is 6.30. The summed E-state index contributed by atoms with van der Waals surface area (Å²) < 4.78 is 0. The van der Waals surface area contributed by atoms with Crippen molar-refractivity contribution in [2.45, 2.75) is 25.3 Å². The van der Waals surface area contributed by atoms with Crippen LogP contribution >= 0.6 is 0 Å². The first kappa shape index (κ1) is 13.9. The largest absolute Gasteiger partial charge is 0.394 e. The second-order valence-corrected chi connectivity index (χ2v) is 5.22. The SMILES string of the molecule is CNC(C)(CO)CCCN1CCN(C)CC1. The van der Waals surface area contributed by atoms with Crippen LogP contribution in [-0.2, 0) is 0 Å². The molecule has 1 aliphatic heterocycles. The van der Waals surface area contributed by atoms with Crippen molar-refractivity contribution in [1.82, 2.24) is 15.1 Å². The van der Waals surface area contributed by atoms with Crippen molar-refractivity contribution in [2.75, 3.05) is 53.4 Å². The number of likely N-dealkylation sites (N-methyl/N-ethyl adjacent to an activating group) is 2. The van der Waals surface area contributed by atoms with E-state index in [1.54, 1.807) is 0 Å². The van der Waals surface area contributed by atoms with Crippen LogP contribution in [0.15, 0.2) is 0 Å². The number of hydrogen-bond acceptors (Lipinski definition) is 4. The summed E-state index contributed by atoms with van der Waals surface area (Å²) in [5, 5.41) is 12.5. The van der Waals surface area contributed by atoms with E-state index in [4.69, 9.17) is 0 Å². The maximum Gasteiger partial charge on any atom is 0.0610 e. The number of nitrogens with zero attached hydrogens (tertiary/aromatic N) is 2. The van der Waals surface area contributed by atoms with Gasteiger partial charge in [0.05, 0.1) is 6.61 Å². The van der Waals surface area contributed by atoms with Gasteiger partial charge in [0.15, 0.2) is 0 Å². The van der Waals surface area contributed by atoms with E-state index in [0.29, 0.717) is 0 Å². The van der Waals surface area contributed by atoms with Crippen LogP contribution in [0.2, 0.25) is 0 Å². The van der Waals surface area contributed by atoms with E-state index >= 15 is 0 Å². The Morgan fingerprint density at radius 2 is 1.88 bits per heavy atom. The van der Waals surface area contributed by atoms with Crippen molar-refractivity contribution >= 4 is 0 Å². The summed E-state index contributed by atoms with van der Waals surface area (Å²) in [7, 11) is 4.10. The van der Waals surface area contributed by atoms with Crippen molar-refractivity contribution in [1.29, 1.82) is 0 Å². The molecular formula is C12H27N3O. The van der Waals surface area contributed by atoms with Crippen molar-refractivity contribution < 1.29 is 5.11 Å². The minimum Gasteiger partial charge on any atom is -0.394 e. The normalized spacial score (nSPS) is 23.2. The molecule has 1 aliphatic rings. The number of aliphatic hydroxyl groups excluding tert-OH is 1. The van der Waals surface area contributed by atoms with E-state index in [-0.39, 0.29) is 12.1 Å². The maximum absolute atomic E-state index is 9.27. The fraction of sp³-hybridized carbons (Fsp3) is 1.00. The highest BCUT2D eigenvalue weighted by atomic mass is 16.3. The Bertz CT molecular complexity index is 187. The Balaban J connectivity index is 2.15. The maximum atomic E-state index is 9.27. The standard InChI is InChI=1S/C12H27N3O/c1-12(11-16,13-2)5-4-6-15-9-7-14(3)8-10-15/h13,16H,4-11H2,1-3H3. The third kappa shape index (κ3) is 4.37. The molecule has 1 saturated heterocycles. The minimum atomic E-state index is -0.105. The summed E-state index contributed by atoms with van der Waals surface area (Å²) in [5.41, 5.74) is -0.105. The lowest BCUT2D eigenvalue weighted by molar-refractivity contribution is 0.136. The molecule has 0 aliphatic carbocycles. The lowest BCUT2D eigenvalue weighted by atomic mass is 9.97. The molecule has 0 radical (unpaired) electrons. The van der Waals surface area contributed by atoms with Crippen LogP contribution in [0.1, 0.15) is 19.8 Å². The second-order valence-electron chi connectivity index (χ2n) is 5.22. The Morgan fingerprint density at radius 3 is 2.38 bits per heavy atom. The van der Waals surface area contributed by atoms with E-state index in [1.165, 1.54) is 26.2 Å². The predicted octanol–water partition coefficient (Wildman–Crippen LogP) is -0.0156. The molecule has 1 unspecified atom stereocenters. The molecule has 4 nitrogen and oxygen atoms in total. The molecule has 1 heterocycles. The zero-order valence-corrected chi connectivity index (χ0v) is 11.0. The van der Waals surface area contributed by atoms with E-state index in [0.717, 1.165) is 19.4 Å². The summed E-state index contributed by atoms with van der Waals surface area (Å²) in [4.78, 5) is 4.90. The molecule has 0 saturated carbocycles. The van der Waals surface area contributed by atoms with Gasteiger partial charge in [-0.05, 0) is 40.4 Å². The Labute approximate surface area is 99.6 Å². The Kier molecular flexibility index (Phi) is 5.69. The number of nitrogens with one attached hydrogen (secondary N) is 1. The van der Waals surface area contributed by atoms with Crippen molar-refractivity contribution in [2.24, 2.45) is 0 Å². The molecule has 0 aromatic carbocycles. The number of hydrogen-bond donors (Lipinski definition) is 2. The zero-order valence-electron chi connectivity index (χ0n) is 11.0. The molecule has 0 spiro atoms. The van der Waals surface area contributed by atoms with Crippen molar-refractivity contribution in [3.05, 3.63) is 0 Å². The summed E-state index contributed by atoms with van der Waals surface area (Å²) >= 11 is 0. The van der Waals surface area contributed by atoms with Crippen LogP contribution in [0.3, 0.4) is 0 Å². The van der Waals surface area contributed by atoms with E-state index in [2.05, 4.69) is 29.1 Å². The Hall–Kier alpha value is -0.160. The average Bonchev–Trinajstić information content (AvgIpc) is 2.31. The van der Waals surface area contributed by atoms with Crippen molar-refractivity contribution in [3.8, 4) is 0 Å². The highest BCUT2D eigenvalue weighted by Crippen LogP contribution is 2.12. The molecule has 0 aromatic rings. The third-order valence-electron chi connectivity index (χ3n) is 3.75. The van der Waals surface area contributed by atoms with Gasteiger partial charge < -0.3 is 20.2 Å². The van der Waals surface area contributed by atoms with Gasteiger partial charge in [-0.2, -0.15) is 0 Å². The monoisotopic (exact) mass is 229 g/mol. The molecule has 0 bridgehead atoms. The second kappa shape index (κ2) is 6.55. The zero-order chi connectivity index (χ0) is 12.0. The van der Waals surface area contributed by atoms with Gasteiger partial charge in [0.1, 0.15) is 0 Å². The molecular weight excluding hydrogens is 202 g/mol. The van der Waals surface area contributed by atoms with Crippen LogP contribution in [0.25, 0.3) is 0 Å². The minimum absolute atomic E-state index is 0.105. The lowest BCUT2D eigenvalue weighted by Crippen LogP contribution is -2.46. The molecule has 4 heteroatoms. The molecule has 16 heavy (non-hydrogen) atoms. The van der Waals surface area contributed by atoms with Gasteiger partial charge in [0.2, 0.25) is 0 Å². The topological polar surface area (TPSA) is 38.7 Å². The Morgan fingerprint density at radius 1 is 1.25 bits per heavy atom. The van der Waals surface area contributed by atoms with Gasteiger partial charge >= 0.3 is 0 Å². The van der Waals surface area contributed by atoms with Crippen molar-refractivity contribution in [3.63, 3.8) is 0 Å². The fourth-order valence-electron chi connectivity index (χ4n) is 2.05. The highest BCUT2D eigenvalue weighted by molar-refractivity contribution is 4.81. The molecule has 0 aromatic heterocycles. The van der Waals surface area contributed by atoms with Gasteiger partial charge in [-0.1, -0.05) is 0 Å². The molecule has 96 valence electrons. The fourth-order valence-corrected chi connectivity index (χ4v) is 2.05. The van der Waals surface area contributed by atoms with Gasteiger partial charge in [-0.25, -0.2) is 0 Å². The average molecular weight is 229 g/mol. The van der Waals surface area contributed by atoms with Crippen LogP contribution < -0.4 is 5.32 Å². The summed E-state index contributed by atoms with van der Waals surface area (Å²) in [6, 6.07) is 0. The molecule has 1 rings (SSSR count). The number of piperazine rings is 1. The summed E-state index contributed by atoms with van der Waals surface area (Å²) in [6.45, 7) is 8.19. The smallest absolute Gasteiger partial charge is 0.0610 e. The quantitative estimate of drug-likeness (QED) is 0.672. The summed E-state index contributed by atoms with van der Waals surface area (Å²) in [6.07, 6.45) is 2.19. The molecule has 1 fully saturated rings. The van der Waals surface area contributed by atoms with Crippen LogP contribution in [-0.4, -0.2) is 73.9 Å². The molecule has 1 atom stereocenters. The van der Waals surface area contributed by atoms with E-state index < -0.39 is 0 Å². The molecule has 0 amide bonds. The van der Waals surface area contributed by atoms with Gasteiger partial charge in [0, 0.05) is 31.7 Å². The summed E-state index contributed by atoms with van der Waals surface area (Å²) in [5.74, 6) is 0. The van der Waals surface area contributed by atoms with Crippen LogP contribution in [0, 0.1) is 0 Å². The van der Waals surface area contributed by atoms with Crippen LogP contribution in [0.4, 0.5) is 0 Å². The molecule has 2 N–H and O–H groups in total. The third-order valence-corrected chi connectivity index (χ3v) is 3.75. The van der Waals surface area contributed by atoms with Gasteiger partial charge in [0.25, 0.3) is 0 Å². The lowest BCUT2D eigenvalue weighted by Gasteiger charge is -2.33. The number of rotatable bonds is 6. The predicted molar refractivity (Wildman–Crippen MR) is 67.7 cm³/mol. The van der Waals surface area contributed by atoms with Crippen LogP contribution in [0.5, 0.6) is 0 Å². The first-order valence-electron chi connectivity index (χ1n) is 6.30. The van der Waals surface area contributed by atoms with Gasteiger partial charge in [-0.3, -0.25) is 0 Å². The van der Waals surface area contributed by atoms with E-state index in [9.17, 15) is 5.11 Å².